The molecule has 2 saturated carbocycles. The molecule has 0 aromatic carbocycles. The number of carbonyl (C=O) groups excluding carboxylic acids is 1. The molecule has 2 aromatic heterocycles. The maximum Gasteiger partial charge on any atom is 0.229 e. The SMILES string of the molecule is Cn1cnc([C@@H]2CN(Cc3noc(C4CC4)n3)C[C@H]2C(=O)NC2CC2)c1. The highest BCUT2D eigenvalue weighted by Gasteiger charge is 2.41. The number of rotatable bonds is 6. The predicted molar refractivity (Wildman–Crippen MR) is 92.2 cm³/mol. The molecule has 2 aromatic rings. The van der Waals surface area contributed by atoms with Crippen LogP contribution in [0.1, 0.15) is 54.9 Å². The van der Waals surface area contributed by atoms with Crippen molar-refractivity contribution in [3.63, 3.8) is 0 Å². The number of amides is 1. The van der Waals surface area contributed by atoms with Crippen LogP contribution < -0.4 is 5.32 Å². The largest absolute Gasteiger partial charge is 0.353 e. The van der Waals surface area contributed by atoms with E-state index >= 15 is 0 Å². The molecular formula is C18H24N6O2. The van der Waals surface area contributed by atoms with Crippen LogP contribution in [0, 0.1) is 5.92 Å². The van der Waals surface area contributed by atoms with Gasteiger partial charge in [-0.1, -0.05) is 5.16 Å². The summed E-state index contributed by atoms with van der Waals surface area (Å²) >= 11 is 0. The molecular weight excluding hydrogens is 332 g/mol. The summed E-state index contributed by atoms with van der Waals surface area (Å²) in [5.74, 6) is 2.12. The molecule has 5 rings (SSSR count). The van der Waals surface area contributed by atoms with Crippen molar-refractivity contribution < 1.29 is 9.32 Å². The van der Waals surface area contributed by atoms with Gasteiger partial charge >= 0.3 is 0 Å². The van der Waals surface area contributed by atoms with E-state index in [1.165, 1.54) is 0 Å². The van der Waals surface area contributed by atoms with Crippen LogP contribution in [0.3, 0.4) is 0 Å². The highest BCUT2D eigenvalue weighted by atomic mass is 16.5. The van der Waals surface area contributed by atoms with Crippen LogP contribution in [-0.4, -0.2) is 49.6 Å². The van der Waals surface area contributed by atoms with Crippen molar-refractivity contribution in [3.8, 4) is 0 Å². The molecule has 1 amide bonds. The van der Waals surface area contributed by atoms with Crippen LogP contribution in [0.2, 0.25) is 0 Å². The Balaban J connectivity index is 1.31. The third-order valence-corrected chi connectivity index (χ3v) is 5.54. The van der Waals surface area contributed by atoms with E-state index in [0.29, 0.717) is 25.0 Å². The number of hydrogen-bond acceptors (Lipinski definition) is 6. The third-order valence-electron chi connectivity index (χ3n) is 5.54. The van der Waals surface area contributed by atoms with Gasteiger partial charge in [-0.05, 0) is 25.7 Å². The van der Waals surface area contributed by atoms with Crippen LogP contribution in [0.25, 0.3) is 0 Å². The van der Waals surface area contributed by atoms with Gasteiger partial charge in [0.2, 0.25) is 11.8 Å². The summed E-state index contributed by atoms with van der Waals surface area (Å²) in [6, 6.07) is 0.374. The lowest BCUT2D eigenvalue weighted by Crippen LogP contribution is -2.36. The molecule has 8 nitrogen and oxygen atoms in total. The maximum absolute atomic E-state index is 12.8. The van der Waals surface area contributed by atoms with Gasteiger partial charge in [0.1, 0.15) is 0 Å². The molecule has 3 heterocycles. The zero-order valence-corrected chi connectivity index (χ0v) is 15.0. The van der Waals surface area contributed by atoms with Gasteiger partial charge in [0.05, 0.1) is 24.5 Å². The summed E-state index contributed by atoms with van der Waals surface area (Å²) in [5, 5.41) is 7.29. The van der Waals surface area contributed by atoms with E-state index in [2.05, 4.69) is 25.3 Å². The van der Waals surface area contributed by atoms with E-state index in [1.54, 1.807) is 6.33 Å². The van der Waals surface area contributed by atoms with Gasteiger partial charge < -0.3 is 14.4 Å². The molecule has 1 aliphatic heterocycles. The zero-order chi connectivity index (χ0) is 17.7. The molecule has 1 saturated heterocycles. The van der Waals surface area contributed by atoms with Crippen molar-refractivity contribution in [1.82, 2.24) is 29.9 Å². The number of imidazole rings is 1. The molecule has 3 aliphatic rings. The number of aryl methyl sites for hydroxylation is 1. The molecule has 0 unspecified atom stereocenters. The second kappa shape index (κ2) is 6.19. The molecule has 8 heteroatoms. The summed E-state index contributed by atoms with van der Waals surface area (Å²) in [7, 11) is 1.96. The van der Waals surface area contributed by atoms with E-state index in [4.69, 9.17) is 4.52 Å². The number of hydrogen-bond donors (Lipinski definition) is 1. The molecule has 2 atom stereocenters. The second-order valence-electron chi connectivity index (χ2n) is 7.98. The Labute approximate surface area is 152 Å². The molecule has 3 fully saturated rings. The molecule has 0 radical (unpaired) electrons. The number of likely N-dealkylation sites (tertiary alicyclic amines) is 1. The Morgan fingerprint density at radius 2 is 2.15 bits per heavy atom. The Morgan fingerprint density at radius 1 is 1.31 bits per heavy atom. The molecule has 1 N–H and O–H groups in total. The Hall–Kier alpha value is -2.22. The van der Waals surface area contributed by atoms with Crippen LogP contribution in [0.4, 0.5) is 0 Å². The van der Waals surface area contributed by atoms with Gasteiger partial charge in [0.25, 0.3) is 0 Å². The zero-order valence-electron chi connectivity index (χ0n) is 15.0. The monoisotopic (exact) mass is 356 g/mol. The van der Waals surface area contributed by atoms with Crippen LogP contribution in [0.15, 0.2) is 17.0 Å². The first-order chi connectivity index (χ1) is 12.7. The molecule has 0 bridgehead atoms. The first kappa shape index (κ1) is 16.0. The van der Waals surface area contributed by atoms with Gasteiger partial charge in [0.15, 0.2) is 5.82 Å². The van der Waals surface area contributed by atoms with Crippen molar-refractivity contribution >= 4 is 5.91 Å². The lowest BCUT2D eigenvalue weighted by atomic mass is 9.92. The summed E-state index contributed by atoms with van der Waals surface area (Å²) in [6.07, 6.45) is 8.32. The number of nitrogens with one attached hydrogen (secondary N) is 1. The molecule has 138 valence electrons. The fourth-order valence-corrected chi connectivity index (χ4v) is 3.77. The average molecular weight is 356 g/mol. The molecule has 26 heavy (non-hydrogen) atoms. The first-order valence-electron chi connectivity index (χ1n) is 9.49. The minimum Gasteiger partial charge on any atom is -0.353 e. The number of aromatic nitrogens is 4. The Bertz CT molecular complexity index is 806. The lowest BCUT2D eigenvalue weighted by molar-refractivity contribution is -0.125. The minimum absolute atomic E-state index is 0.0831. The fraction of sp³-hybridized carbons (Fsp3) is 0.667. The molecule has 2 aliphatic carbocycles. The number of nitrogens with zero attached hydrogens (tertiary/aromatic N) is 5. The van der Waals surface area contributed by atoms with Gasteiger partial charge in [0, 0.05) is 44.2 Å². The number of carbonyl (C=O) groups is 1. The topological polar surface area (TPSA) is 89.1 Å². The highest BCUT2D eigenvalue weighted by Crippen LogP contribution is 2.39. The minimum atomic E-state index is -0.0831. The van der Waals surface area contributed by atoms with Crippen LogP contribution in [-0.2, 0) is 18.4 Å². The second-order valence-corrected chi connectivity index (χ2v) is 7.98. The highest BCUT2D eigenvalue weighted by molar-refractivity contribution is 5.81. The van der Waals surface area contributed by atoms with Gasteiger partial charge in [-0.2, -0.15) is 4.98 Å². The van der Waals surface area contributed by atoms with Crippen LogP contribution >= 0.6 is 0 Å². The Kier molecular flexibility index (Phi) is 3.81. The van der Waals surface area contributed by atoms with E-state index < -0.39 is 0 Å². The van der Waals surface area contributed by atoms with Crippen molar-refractivity contribution in [2.45, 2.75) is 50.1 Å². The van der Waals surface area contributed by atoms with Crippen molar-refractivity contribution in [2.75, 3.05) is 13.1 Å². The average Bonchev–Trinajstić information content (AvgIpc) is 3.50. The van der Waals surface area contributed by atoms with Crippen molar-refractivity contribution in [3.05, 3.63) is 29.9 Å². The standard InChI is InChI=1S/C18H24N6O2/c1-23-8-15(19-10-23)13-6-24(7-14(13)17(25)20-12-4-5-12)9-16-21-18(26-22-16)11-2-3-11/h8,10-14H,2-7,9H2,1H3,(H,20,25)/t13-,14-/m1/s1. The predicted octanol–water partition coefficient (Wildman–Crippen LogP) is 1.17. The quantitative estimate of drug-likeness (QED) is 0.836. The van der Waals surface area contributed by atoms with E-state index in [1.807, 2.05) is 17.8 Å². The smallest absolute Gasteiger partial charge is 0.229 e. The van der Waals surface area contributed by atoms with E-state index in [0.717, 1.165) is 49.6 Å². The first-order valence-corrected chi connectivity index (χ1v) is 9.49. The summed E-state index contributed by atoms with van der Waals surface area (Å²) in [4.78, 5) is 24.0. The third kappa shape index (κ3) is 3.25. The fourth-order valence-electron chi connectivity index (χ4n) is 3.77. The summed E-state index contributed by atoms with van der Waals surface area (Å²) < 4.78 is 7.31. The summed E-state index contributed by atoms with van der Waals surface area (Å²) in [6.45, 7) is 2.10. The van der Waals surface area contributed by atoms with E-state index in [-0.39, 0.29) is 17.7 Å². The Morgan fingerprint density at radius 3 is 2.85 bits per heavy atom. The maximum atomic E-state index is 12.8. The van der Waals surface area contributed by atoms with Gasteiger partial charge in [-0.25, -0.2) is 4.98 Å². The van der Waals surface area contributed by atoms with Crippen molar-refractivity contribution in [2.24, 2.45) is 13.0 Å². The van der Waals surface area contributed by atoms with E-state index in [9.17, 15) is 4.79 Å². The van der Waals surface area contributed by atoms with Crippen LogP contribution in [0.5, 0.6) is 0 Å². The lowest BCUT2D eigenvalue weighted by Gasteiger charge is -2.16. The van der Waals surface area contributed by atoms with Gasteiger partial charge in [-0.3, -0.25) is 9.69 Å². The van der Waals surface area contributed by atoms with Gasteiger partial charge in [-0.15, -0.1) is 0 Å². The summed E-state index contributed by atoms with van der Waals surface area (Å²) in [5.41, 5.74) is 0.984. The normalized spacial score (nSPS) is 26.3. The van der Waals surface area contributed by atoms with Crippen molar-refractivity contribution in [1.29, 1.82) is 0 Å². The molecule has 0 spiro atoms.